The van der Waals surface area contributed by atoms with Crippen LogP contribution in [0.25, 0.3) is 10.6 Å². The van der Waals surface area contributed by atoms with E-state index in [1.165, 1.54) is 12.7 Å². The smallest absolute Gasteiger partial charge is 0.337 e. The summed E-state index contributed by atoms with van der Waals surface area (Å²) in [4.78, 5) is 16.3. The molecule has 0 radical (unpaired) electrons. The van der Waals surface area contributed by atoms with Gasteiger partial charge in [-0.3, -0.25) is 0 Å². The van der Waals surface area contributed by atoms with Crippen molar-refractivity contribution in [3.63, 3.8) is 0 Å². The number of thiazole rings is 1. The van der Waals surface area contributed by atoms with Crippen molar-refractivity contribution in [3.8, 4) is 10.6 Å². The van der Waals surface area contributed by atoms with Gasteiger partial charge in [-0.05, 0) is 24.6 Å². The van der Waals surface area contributed by atoms with Crippen LogP contribution in [0.2, 0.25) is 0 Å². The molecule has 2 aromatic heterocycles. The van der Waals surface area contributed by atoms with Gasteiger partial charge in [-0.1, -0.05) is 54.2 Å². The molecule has 0 aliphatic heterocycles. The number of carbonyl (C=O) groups excluding carboxylic acids is 1. The molecule has 0 aliphatic rings. The van der Waals surface area contributed by atoms with E-state index in [0.29, 0.717) is 11.3 Å². The Kier molecular flexibility index (Phi) is 6.25. The molecule has 0 unspecified atom stereocenters. The van der Waals surface area contributed by atoms with Crippen LogP contribution in [0.4, 0.5) is 0 Å². The Labute approximate surface area is 183 Å². The minimum Gasteiger partial charge on any atom is -0.465 e. The molecule has 0 bridgehead atoms. The molecule has 0 saturated carbocycles. The highest BCUT2D eigenvalue weighted by Gasteiger charge is 2.12. The number of carbonyl (C=O) groups is 1. The summed E-state index contributed by atoms with van der Waals surface area (Å²) in [6.45, 7) is 2.72. The number of nitrogens with zero attached hydrogens (tertiary/aromatic N) is 4. The number of aryl methyl sites for hydroxylation is 1. The van der Waals surface area contributed by atoms with E-state index in [9.17, 15) is 4.79 Å². The molecule has 2 aromatic carbocycles. The molecule has 0 N–H and O–H groups in total. The van der Waals surface area contributed by atoms with Gasteiger partial charge in [0.25, 0.3) is 0 Å². The van der Waals surface area contributed by atoms with Crippen LogP contribution in [-0.2, 0) is 17.0 Å². The summed E-state index contributed by atoms with van der Waals surface area (Å²) in [5.41, 5.74) is 3.71. The Bertz CT molecular complexity index is 1140. The third-order valence-electron chi connectivity index (χ3n) is 4.54. The predicted molar refractivity (Wildman–Crippen MR) is 119 cm³/mol. The van der Waals surface area contributed by atoms with E-state index in [0.717, 1.165) is 33.8 Å². The summed E-state index contributed by atoms with van der Waals surface area (Å²) in [5.74, 6) is 1.27. The Morgan fingerprint density at radius 3 is 2.60 bits per heavy atom. The molecule has 0 saturated heterocycles. The van der Waals surface area contributed by atoms with Crippen molar-refractivity contribution < 1.29 is 9.53 Å². The first-order valence-electron chi connectivity index (χ1n) is 9.33. The van der Waals surface area contributed by atoms with Gasteiger partial charge in [0.05, 0.1) is 24.9 Å². The number of aromatic nitrogens is 4. The van der Waals surface area contributed by atoms with E-state index in [1.807, 2.05) is 37.3 Å². The molecule has 4 rings (SSSR count). The molecular formula is C22H20N4O2S2. The van der Waals surface area contributed by atoms with Crippen LogP contribution in [-0.4, -0.2) is 32.8 Å². The highest BCUT2D eigenvalue weighted by Crippen LogP contribution is 2.28. The van der Waals surface area contributed by atoms with E-state index in [4.69, 9.17) is 9.72 Å². The number of methoxy groups -OCH3 is 1. The van der Waals surface area contributed by atoms with Crippen molar-refractivity contribution in [1.82, 2.24) is 19.7 Å². The Hall–Kier alpha value is -2.97. The lowest BCUT2D eigenvalue weighted by atomic mass is 10.1. The second-order valence-electron chi connectivity index (χ2n) is 6.60. The van der Waals surface area contributed by atoms with Crippen molar-refractivity contribution in [1.29, 1.82) is 0 Å². The number of rotatable bonds is 7. The average molecular weight is 437 g/mol. The van der Waals surface area contributed by atoms with Gasteiger partial charge < -0.3 is 9.30 Å². The predicted octanol–water partition coefficient (Wildman–Crippen LogP) is 4.84. The van der Waals surface area contributed by atoms with Crippen molar-refractivity contribution in [3.05, 3.63) is 82.6 Å². The monoisotopic (exact) mass is 436 g/mol. The van der Waals surface area contributed by atoms with Gasteiger partial charge in [-0.2, -0.15) is 0 Å². The molecule has 2 heterocycles. The van der Waals surface area contributed by atoms with Gasteiger partial charge in [-0.15, -0.1) is 21.5 Å². The molecule has 8 heteroatoms. The second-order valence-corrected chi connectivity index (χ2v) is 8.40. The normalized spacial score (nSPS) is 10.9. The fourth-order valence-corrected chi connectivity index (χ4v) is 4.73. The molecule has 0 atom stereocenters. The molecule has 0 aliphatic carbocycles. The van der Waals surface area contributed by atoms with Gasteiger partial charge in [0.15, 0.2) is 5.16 Å². The molecule has 0 amide bonds. The van der Waals surface area contributed by atoms with E-state index in [-0.39, 0.29) is 5.97 Å². The van der Waals surface area contributed by atoms with Crippen LogP contribution in [0.3, 0.4) is 0 Å². The molecule has 6 nitrogen and oxygen atoms in total. The van der Waals surface area contributed by atoms with Crippen molar-refractivity contribution in [2.75, 3.05) is 7.11 Å². The fourth-order valence-electron chi connectivity index (χ4n) is 2.93. The van der Waals surface area contributed by atoms with E-state index < -0.39 is 0 Å². The van der Waals surface area contributed by atoms with Crippen LogP contribution in [0.5, 0.6) is 0 Å². The summed E-state index contributed by atoms with van der Waals surface area (Å²) in [6, 6.07) is 17.6. The highest BCUT2D eigenvalue weighted by atomic mass is 32.2. The third-order valence-corrected chi connectivity index (χ3v) is 6.48. The van der Waals surface area contributed by atoms with Gasteiger partial charge in [0, 0.05) is 16.7 Å². The molecule has 0 spiro atoms. The quantitative estimate of drug-likeness (QED) is 0.305. The van der Waals surface area contributed by atoms with E-state index >= 15 is 0 Å². The van der Waals surface area contributed by atoms with Crippen LogP contribution in [0.15, 0.2) is 65.1 Å². The van der Waals surface area contributed by atoms with E-state index in [2.05, 4.69) is 32.3 Å². The lowest BCUT2D eigenvalue weighted by Crippen LogP contribution is -2.03. The highest BCUT2D eigenvalue weighted by molar-refractivity contribution is 7.98. The zero-order chi connectivity index (χ0) is 20.9. The summed E-state index contributed by atoms with van der Waals surface area (Å²) >= 11 is 3.22. The number of benzene rings is 2. The van der Waals surface area contributed by atoms with Gasteiger partial charge in [0.1, 0.15) is 10.8 Å². The second kappa shape index (κ2) is 9.23. The Morgan fingerprint density at radius 1 is 1.10 bits per heavy atom. The minimum atomic E-state index is -0.340. The number of hydrogen-bond acceptors (Lipinski definition) is 7. The van der Waals surface area contributed by atoms with Crippen LogP contribution in [0.1, 0.15) is 27.4 Å². The maximum atomic E-state index is 11.6. The van der Waals surface area contributed by atoms with Crippen LogP contribution >= 0.6 is 23.1 Å². The minimum absolute atomic E-state index is 0.340. The summed E-state index contributed by atoms with van der Waals surface area (Å²) < 4.78 is 6.86. The number of hydrogen-bond donors (Lipinski definition) is 0. The largest absolute Gasteiger partial charge is 0.465 e. The fraction of sp³-hybridized carbons (Fsp3) is 0.182. The Morgan fingerprint density at radius 2 is 1.87 bits per heavy atom. The van der Waals surface area contributed by atoms with E-state index in [1.54, 1.807) is 35.2 Å². The summed E-state index contributed by atoms with van der Waals surface area (Å²) in [5, 5.41) is 12.4. The molecule has 0 fully saturated rings. The summed E-state index contributed by atoms with van der Waals surface area (Å²) in [7, 11) is 1.38. The molecule has 152 valence electrons. The summed E-state index contributed by atoms with van der Waals surface area (Å²) in [6.07, 6.45) is 0. The zero-order valence-corrected chi connectivity index (χ0v) is 18.2. The van der Waals surface area contributed by atoms with Gasteiger partial charge >= 0.3 is 5.97 Å². The molecule has 4 aromatic rings. The SMILES string of the molecule is COC(=O)c1ccc(-c2nc(CSc3nnc(C)n3Cc3ccccc3)cs2)cc1. The maximum Gasteiger partial charge on any atom is 0.337 e. The number of thioether (sulfide) groups is 1. The third kappa shape index (κ3) is 4.60. The van der Waals surface area contributed by atoms with Crippen molar-refractivity contribution in [2.24, 2.45) is 0 Å². The van der Waals surface area contributed by atoms with Gasteiger partial charge in [0.2, 0.25) is 0 Å². The van der Waals surface area contributed by atoms with Crippen molar-refractivity contribution >= 4 is 29.1 Å². The van der Waals surface area contributed by atoms with Crippen molar-refractivity contribution in [2.45, 2.75) is 24.4 Å². The molecule has 30 heavy (non-hydrogen) atoms. The average Bonchev–Trinajstić information content (AvgIpc) is 3.40. The molecular weight excluding hydrogens is 416 g/mol. The van der Waals surface area contributed by atoms with Gasteiger partial charge in [-0.25, -0.2) is 9.78 Å². The lowest BCUT2D eigenvalue weighted by molar-refractivity contribution is 0.0601. The lowest BCUT2D eigenvalue weighted by Gasteiger charge is -2.08. The first-order chi connectivity index (χ1) is 14.6. The first kappa shape index (κ1) is 20.3. The van der Waals surface area contributed by atoms with Crippen LogP contribution < -0.4 is 0 Å². The standard InChI is InChI=1S/C22H20N4O2S2/c1-15-24-25-22(26(15)12-16-6-4-3-5-7-16)30-14-19-13-29-20(23-19)17-8-10-18(11-9-17)21(27)28-2/h3-11,13H,12,14H2,1-2H3. The maximum absolute atomic E-state index is 11.6. The Balaban J connectivity index is 1.43. The topological polar surface area (TPSA) is 69.9 Å². The first-order valence-corrected chi connectivity index (χ1v) is 11.2. The number of ether oxygens (including phenoxy) is 1. The zero-order valence-electron chi connectivity index (χ0n) is 16.6. The number of esters is 1. The van der Waals surface area contributed by atoms with Crippen LogP contribution in [0, 0.1) is 6.92 Å².